The van der Waals surface area contributed by atoms with Gasteiger partial charge in [0.2, 0.25) is 0 Å². The number of hydrogen-bond donors (Lipinski definition) is 1. The first-order valence-corrected chi connectivity index (χ1v) is 5.75. The molecule has 88 valence electrons. The number of nitrogen functional groups attached to an aromatic ring is 1. The molecule has 4 heteroatoms. The number of nitrogens with two attached hydrogens (primary N) is 1. The minimum Gasteiger partial charge on any atom is -0.398 e. The lowest BCUT2D eigenvalue weighted by molar-refractivity contribution is 0.0794. The number of hydrogen-bond acceptors (Lipinski definition) is 2. The molecule has 0 saturated carbocycles. The quantitative estimate of drug-likeness (QED) is 0.823. The summed E-state index contributed by atoms with van der Waals surface area (Å²) in [6, 6.07) is 5.10. The van der Waals surface area contributed by atoms with Gasteiger partial charge in [0.1, 0.15) is 0 Å². The summed E-state index contributed by atoms with van der Waals surface area (Å²) < 4.78 is 0. The number of carbonyl (C=O) groups is 1. The maximum absolute atomic E-state index is 12.1. The number of benzene rings is 1. The van der Waals surface area contributed by atoms with E-state index < -0.39 is 0 Å². The van der Waals surface area contributed by atoms with Gasteiger partial charge in [-0.1, -0.05) is 31.0 Å². The Morgan fingerprint density at radius 3 is 2.75 bits per heavy atom. The number of rotatable bonds is 4. The molecule has 0 bridgehead atoms. The van der Waals surface area contributed by atoms with Gasteiger partial charge in [0.25, 0.3) is 5.91 Å². The van der Waals surface area contributed by atoms with E-state index in [0.29, 0.717) is 16.3 Å². The molecule has 1 amide bonds. The lowest BCUT2D eigenvalue weighted by Gasteiger charge is -2.18. The zero-order valence-corrected chi connectivity index (χ0v) is 10.4. The van der Waals surface area contributed by atoms with Crippen LogP contribution in [0.3, 0.4) is 0 Å². The fraction of sp³-hybridized carbons (Fsp3) is 0.417. The summed E-state index contributed by atoms with van der Waals surface area (Å²) in [4.78, 5) is 13.7. The Kier molecular flexibility index (Phi) is 4.62. The van der Waals surface area contributed by atoms with E-state index in [9.17, 15) is 4.79 Å². The number of unbranched alkanes of at least 4 members (excludes halogenated alkanes) is 1. The lowest BCUT2D eigenvalue weighted by atomic mass is 10.1. The number of anilines is 1. The molecular weight excluding hydrogens is 224 g/mol. The number of amides is 1. The first kappa shape index (κ1) is 12.8. The van der Waals surface area contributed by atoms with E-state index in [1.807, 2.05) is 0 Å². The van der Waals surface area contributed by atoms with Crippen molar-refractivity contribution in [1.82, 2.24) is 4.90 Å². The molecule has 3 nitrogen and oxygen atoms in total. The van der Waals surface area contributed by atoms with Gasteiger partial charge < -0.3 is 10.6 Å². The van der Waals surface area contributed by atoms with E-state index in [1.54, 1.807) is 30.1 Å². The average molecular weight is 241 g/mol. The van der Waals surface area contributed by atoms with Crippen molar-refractivity contribution in [3.63, 3.8) is 0 Å². The van der Waals surface area contributed by atoms with Crippen molar-refractivity contribution in [2.45, 2.75) is 19.8 Å². The van der Waals surface area contributed by atoms with Gasteiger partial charge in [0, 0.05) is 19.3 Å². The molecule has 1 aromatic rings. The maximum atomic E-state index is 12.1. The van der Waals surface area contributed by atoms with Crippen LogP contribution in [0.5, 0.6) is 0 Å². The topological polar surface area (TPSA) is 46.3 Å². The lowest BCUT2D eigenvalue weighted by Crippen LogP contribution is -2.28. The maximum Gasteiger partial charge on any atom is 0.257 e. The summed E-state index contributed by atoms with van der Waals surface area (Å²) in [5, 5.41) is 0.411. The van der Waals surface area contributed by atoms with Gasteiger partial charge >= 0.3 is 0 Å². The first-order chi connectivity index (χ1) is 7.57. The van der Waals surface area contributed by atoms with Crippen LogP contribution >= 0.6 is 11.6 Å². The van der Waals surface area contributed by atoms with Gasteiger partial charge in [-0.05, 0) is 18.6 Å². The first-order valence-electron chi connectivity index (χ1n) is 5.37. The van der Waals surface area contributed by atoms with Crippen LogP contribution in [0, 0.1) is 0 Å². The minimum atomic E-state index is -0.114. The fourth-order valence-corrected chi connectivity index (χ4v) is 1.72. The van der Waals surface area contributed by atoms with Gasteiger partial charge in [-0.2, -0.15) is 0 Å². The van der Waals surface area contributed by atoms with Crippen LogP contribution in [0.2, 0.25) is 5.02 Å². The highest BCUT2D eigenvalue weighted by Crippen LogP contribution is 2.23. The molecule has 0 unspecified atom stereocenters. The van der Waals surface area contributed by atoms with E-state index in [2.05, 4.69) is 6.92 Å². The molecular formula is C12H17ClN2O. The Morgan fingerprint density at radius 2 is 2.19 bits per heavy atom. The predicted octanol–water partition coefficient (Wildman–Crippen LogP) is 2.79. The van der Waals surface area contributed by atoms with E-state index in [0.717, 1.165) is 19.4 Å². The number of carbonyl (C=O) groups excluding carboxylic acids is 1. The second-order valence-corrected chi connectivity index (χ2v) is 4.19. The molecule has 0 aliphatic heterocycles. The summed E-state index contributed by atoms with van der Waals surface area (Å²) in [5.41, 5.74) is 6.59. The van der Waals surface area contributed by atoms with Crippen LogP contribution in [0.25, 0.3) is 0 Å². The van der Waals surface area contributed by atoms with Crippen molar-refractivity contribution in [3.05, 3.63) is 28.8 Å². The van der Waals surface area contributed by atoms with Crippen LogP contribution in [-0.2, 0) is 0 Å². The third-order valence-electron chi connectivity index (χ3n) is 2.45. The van der Waals surface area contributed by atoms with Gasteiger partial charge in [-0.25, -0.2) is 0 Å². The van der Waals surface area contributed by atoms with E-state index in [4.69, 9.17) is 17.3 Å². The average Bonchev–Trinajstić information content (AvgIpc) is 2.25. The molecule has 1 rings (SSSR count). The van der Waals surface area contributed by atoms with E-state index in [-0.39, 0.29) is 5.91 Å². The van der Waals surface area contributed by atoms with Crippen molar-refractivity contribution >= 4 is 23.2 Å². The minimum absolute atomic E-state index is 0.114. The van der Waals surface area contributed by atoms with Crippen LogP contribution in [0.1, 0.15) is 30.1 Å². The summed E-state index contributed by atoms with van der Waals surface area (Å²) in [5.74, 6) is -0.114. The van der Waals surface area contributed by atoms with Gasteiger partial charge in [-0.15, -0.1) is 0 Å². The van der Waals surface area contributed by atoms with Crippen molar-refractivity contribution in [1.29, 1.82) is 0 Å². The zero-order valence-electron chi connectivity index (χ0n) is 9.66. The summed E-state index contributed by atoms with van der Waals surface area (Å²) >= 11 is 5.97. The van der Waals surface area contributed by atoms with Gasteiger partial charge in [-0.3, -0.25) is 4.79 Å². The molecule has 2 N–H and O–H groups in total. The Labute approximate surface area is 101 Å². The second-order valence-electron chi connectivity index (χ2n) is 3.78. The fourth-order valence-electron chi connectivity index (χ4n) is 1.45. The number of halogens is 1. The second kappa shape index (κ2) is 5.75. The van der Waals surface area contributed by atoms with E-state index in [1.165, 1.54) is 0 Å². The van der Waals surface area contributed by atoms with Crippen molar-refractivity contribution in [3.8, 4) is 0 Å². The molecule has 0 fully saturated rings. The summed E-state index contributed by atoms with van der Waals surface area (Å²) in [6.45, 7) is 2.81. The highest BCUT2D eigenvalue weighted by Gasteiger charge is 2.17. The highest BCUT2D eigenvalue weighted by molar-refractivity contribution is 6.34. The molecule has 0 aliphatic carbocycles. The van der Waals surface area contributed by atoms with Crippen molar-refractivity contribution in [2.75, 3.05) is 19.3 Å². The largest absolute Gasteiger partial charge is 0.398 e. The molecule has 0 heterocycles. The zero-order chi connectivity index (χ0) is 12.1. The third kappa shape index (κ3) is 2.89. The highest BCUT2D eigenvalue weighted by atomic mass is 35.5. The van der Waals surface area contributed by atoms with E-state index >= 15 is 0 Å². The Morgan fingerprint density at radius 1 is 1.50 bits per heavy atom. The molecule has 0 atom stereocenters. The smallest absolute Gasteiger partial charge is 0.257 e. The normalized spacial score (nSPS) is 10.2. The molecule has 0 radical (unpaired) electrons. The summed E-state index contributed by atoms with van der Waals surface area (Å²) in [6.07, 6.45) is 2.03. The van der Waals surface area contributed by atoms with Crippen LogP contribution in [0.4, 0.5) is 5.69 Å². The third-order valence-corrected chi connectivity index (χ3v) is 2.77. The Bertz CT molecular complexity index is 359. The van der Waals surface area contributed by atoms with Crippen LogP contribution in [-0.4, -0.2) is 24.4 Å². The van der Waals surface area contributed by atoms with Crippen molar-refractivity contribution < 1.29 is 4.79 Å². The van der Waals surface area contributed by atoms with Crippen molar-refractivity contribution in [2.24, 2.45) is 0 Å². The summed E-state index contributed by atoms with van der Waals surface area (Å²) in [7, 11) is 1.76. The number of nitrogens with zero attached hydrogens (tertiary/aromatic N) is 1. The molecule has 0 aliphatic rings. The molecule has 1 aromatic carbocycles. The molecule has 0 saturated heterocycles. The monoisotopic (exact) mass is 240 g/mol. The van der Waals surface area contributed by atoms with Gasteiger partial charge in [0.15, 0.2) is 0 Å². The molecule has 0 aromatic heterocycles. The Hall–Kier alpha value is -1.22. The molecule has 16 heavy (non-hydrogen) atoms. The predicted molar refractivity (Wildman–Crippen MR) is 67.7 cm³/mol. The SMILES string of the molecule is CCCCN(C)C(=O)c1c(N)cccc1Cl. The van der Waals surface area contributed by atoms with Crippen LogP contribution < -0.4 is 5.73 Å². The standard InChI is InChI=1S/C12H17ClN2O/c1-3-4-8-15(2)12(16)11-9(13)6-5-7-10(11)14/h5-7H,3-4,8,14H2,1-2H3. The van der Waals surface area contributed by atoms with Crippen LogP contribution in [0.15, 0.2) is 18.2 Å². The molecule has 0 spiro atoms. The van der Waals surface area contributed by atoms with Gasteiger partial charge in [0.05, 0.1) is 10.6 Å². The Balaban J connectivity index is 2.87.